The van der Waals surface area contributed by atoms with Crippen molar-refractivity contribution in [2.75, 3.05) is 5.73 Å². The summed E-state index contributed by atoms with van der Waals surface area (Å²) in [6.07, 6.45) is -1.97. The molecule has 4 rings (SSSR count). The van der Waals surface area contributed by atoms with Crippen LogP contribution in [0.3, 0.4) is 0 Å². The van der Waals surface area contributed by atoms with Gasteiger partial charge >= 0.3 is 6.18 Å². The fourth-order valence-corrected chi connectivity index (χ4v) is 4.16. The number of anilines is 1. The monoisotopic (exact) mass is 473 g/mol. The van der Waals surface area contributed by atoms with Crippen LogP contribution in [0.5, 0.6) is 0 Å². The van der Waals surface area contributed by atoms with Crippen molar-refractivity contribution < 1.29 is 21.6 Å². The minimum Gasteiger partial charge on any atom is -0.383 e. The summed E-state index contributed by atoms with van der Waals surface area (Å²) in [5.74, 6) is 0.285. The number of nitrogens with zero attached hydrogens (tertiary/aromatic N) is 4. The second-order valence-corrected chi connectivity index (χ2v) is 9.99. The molecule has 0 aliphatic rings. The standard InChI is InChI=1S/C22H18F3N5O2S/c1-12(2)33(31,32)18-8-6-14(11-28-18)21-29-17-10-13(5-7-15(17)20(26)30-21)19-16(22(23,24)25)4-3-9-27-19/h3-12H,1-2H3,(H2,26,29,30). The molecule has 3 heterocycles. The lowest BCUT2D eigenvalue weighted by atomic mass is 10.0. The number of nitrogens with two attached hydrogens (primary N) is 1. The maximum atomic E-state index is 13.4. The number of sulfone groups is 1. The summed E-state index contributed by atoms with van der Waals surface area (Å²) in [7, 11) is -3.55. The zero-order valence-electron chi connectivity index (χ0n) is 17.5. The van der Waals surface area contributed by atoms with Crippen LogP contribution in [0.2, 0.25) is 0 Å². The minimum atomic E-state index is -4.57. The maximum Gasteiger partial charge on any atom is 0.418 e. The van der Waals surface area contributed by atoms with Crippen LogP contribution in [0.4, 0.5) is 19.0 Å². The number of alkyl halides is 3. The summed E-state index contributed by atoms with van der Waals surface area (Å²) in [6, 6.07) is 9.52. The Bertz CT molecular complexity index is 1450. The number of halogens is 3. The van der Waals surface area contributed by atoms with Gasteiger partial charge in [-0.1, -0.05) is 6.07 Å². The van der Waals surface area contributed by atoms with Crippen LogP contribution in [-0.4, -0.2) is 33.6 Å². The van der Waals surface area contributed by atoms with Crippen molar-refractivity contribution in [3.8, 4) is 22.6 Å². The summed E-state index contributed by atoms with van der Waals surface area (Å²) < 4.78 is 64.8. The maximum absolute atomic E-state index is 13.4. The molecule has 0 amide bonds. The molecular weight excluding hydrogens is 455 g/mol. The average molecular weight is 473 g/mol. The highest BCUT2D eigenvalue weighted by atomic mass is 32.2. The van der Waals surface area contributed by atoms with Crippen LogP contribution >= 0.6 is 0 Å². The molecule has 0 aliphatic heterocycles. The summed E-state index contributed by atoms with van der Waals surface area (Å²) in [6.45, 7) is 3.11. The van der Waals surface area contributed by atoms with Crippen molar-refractivity contribution in [2.45, 2.75) is 30.3 Å². The van der Waals surface area contributed by atoms with Crippen LogP contribution in [0.25, 0.3) is 33.5 Å². The van der Waals surface area contributed by atoms with E-state index in [2.05, 4.69) is 19.9 Å². The topological polar surface area (TPSA) is 112 Å². The predicted molar refractivity (Wildman–Crippen MR) is 118 cm³/mol. The van der Waals surface area contributed by atoms with Crippen LogP contribution in [0.15, 0.2) is 59.9 Å². The average Bonchev–Trinajstić information content (AvgIpc) is 2.78. The number of rotatable bonds is 4. The number of fused-ring (bicyclic) bond motifs is 1. The van der Waals surface area contributed by atoms with E-state index >= 15 is 0 Å². The molecule has 0 saturated heterocycles. The molecule has 0 spiro atoms. The van der Waals surface area contributed by atoms with E-state index < -0.39 is 26.8 Å². The summed E-state index contributed by atoms with van der Waals surface area (Å²) in [4.78, 5) is 16.6. The molecule has 33 heavy (non-hydrogen) atoms. The summed E-state index contributed by atoms with van der Waals surface area (Å²) in [5, 5.41) is -0.249. The molecule has 0 bridgehead atoms. The van der Waals surface area contributed by atoms with Crippen LogP contribution in [0, 0.1) is 0 Å². The zero-order valence-corrected chi connectivity index (χ0v) is 18.3. The second-order valence-electron chi connectivity index (χ2n) is 7.54. The van der Waals surface area contributed by atoms with Gasteiger partial charge in [-0.25, -0.2) is 23.4 Å². The van der Waals surface area contributed by atoms with E-state index in [9.17, 15) is 21.6 Å². The molecule has 0 saturated carbocycles. The number of pyridine rings is 2. The minimum absolute atomic E-state index is 0.0767. The van der Waals surface area contributed by atoms with Crippen LogP contribution < -0.4 is 5.73 Å². The Balaban J connectivity index is 1.81. The number of hydrogen-bond acceptors (Lipinski definition) is 7. The molecule has 0 unspecified atom stereocenters. The van der Waals surface area contributed by atoms with Gasteiger partial charge in [0.05, 0.1) is 22.0 Å². The van der Waals surface area contributed by atoms with Gasteiger partial charge in [-0.3, -0.25) is 4.98 Å². The lowest BCUT2D eigenvalue weighted by molar-refractivity contribution is -0.137. The Morgan fingerprint density at radius 3 is 2.33 bits per heavy atom. The van der Waals surface area contributed by atoms with Gasteiger partial charge in [0, 0.05) is 28.9 Å². The molecule has 3 aromatic heterocycles. The van der Waals surface area contributed by atoms with Crippen molar-refractivity contribution in [3.63, 3.8) is 0 Å². The van der Waals surface area contributed by atoms with E-state index in [1.54, 1.807) is 13.8 Å². The number of benzene rings is 1. The van der Waals surface area contributed by atoms with Gasteiger partial charge in [0.2, 0.25) is 0 Å². The van der Waals surface area contributed by atoms with Crippen molar-refractivity contribution in [1.29, 1.82) is 0 Å². The van der Waals surface area contributed by atoms with Gasteiger partial charge in [-0.15, -0.1) is 0 Å². The third-order valence-electron chi connectivity index (χ3n) is 5.02. The number of hydrogen-bond donors (Lipinski definition) is 1. The normalized spacial score (nSPS) is 12.4. The molecule has 7 nitrogen and oxygen atoms in total. The van der Waals surface area contributed by atoms with Gasteiger partial charge in [0.15, 0.2) is 20.7 Å². The fraction of sp³-hybridized carbons (Fsp3) is 0.182. The van der Waals surface area contributed by atoms with E-state index in [0.717, 1.165) is 6.07 Å². The van der Waals surface area contributed by atoms with E-state index in [0.29, 0.717) is 16.5 Å². The second kappa shape index (κ2) is 8.07. The Morgan fingerprint density at radius 2 is 1.70 bits per heavy atom. The van der Waals surface area contributed by atoms with Gasteiger partial charge in [-0.05, 0) is 50.2 Å². The van der Waals surface area contributed by atoms with Crippen LogP contribution in [-0.2, 0) is 16.0 Å². The van der Waals surface area contributed by atoms with Gasteiger partial charge in [0.25, 0.3) is 0 Å². The third-order valence-corrected chi connectivity index (χ3v) is 7.09. The number of nitrogen functional groups attached to an aromatic ring is 1. The van der Waals surface area contributed by atoms with E-state index in [4.69, 9.17) is 5.73 Å². The van der Waals surface area contributed by atoms with E-state index in [1.807, 2.05) is 0 Å². The first-order chi connectivity index (χ1) is 15.5. The lowest BCUT2D eigenvalue weighted by Gasteiger charge is -2.13. The van der Waals surface area contributed by atoms with E-state index in [-0.39, 0.29) is 27.9 Å². The highest BCUT2D eigenvalue weighted by molar-refractivity contribution is 7.91. The lowest BCUT2D eigenvalue weighted by Crippen LogP contribution is -2.15. The largest absolute Gasteiger partial charge is 0.418 e. The predicted octanol–water partition coefficient (Wildman–Crippen LogP) is 4.54. The molecule has 4 aromatic rings. The molecule has 170 valence electrons. The first-order valence-corrected chi connectivity index (χ1v) is 11.3. The first-order valence-electron chi connectivity index (χ1n) is 9.78. The Hall–Kier alpha value is -3.60. The van der Waals surface area contributed by atoms with E-state index in [1.165, 1.54) is 48.8 Å². The molecule has 0 radical (unpaired) electrons. The number of aromatic nitrogens is 4. The molecular formula is C22H18F3N5O2S. The fourth-order valence-electron chi connectivity index (χ4n) is 3.22. The smallest absolute Gasteiger partial charge is 0.383 e. The SMILES string of the molecule is CC(C)S(=O)(=O)c1ccc(-c2nc(N)c3ccc(-c4ncccc4C(F)(F)F)cc3n2)cn1. The van der Waals surface area contributed by atoms with Gasteiger partial charge < -0.3 is 5.73 Å². The Labute approximate surface area is 187 Å². The Morgan fingerprint density at radius 1 is 0.970 bits per heavy atom. The van der Waals surface area contributed by atoms with Gasteiger partial charge in [0.1, 0.15) is 5.82 Å². The molecule has 11 heteroatoms. The van der Waals surface area contributed by atoms with Crippen LogP contribution in [0.1, 0.15) is 19.4 Å². The van der Waals surface area contributed by atoms with Crippen molar-refractivity contribution in [3.05, 3.63) is 60.4 Å². The summed E-state index contributed by atoms with van der Waals surface area (Å²) >= 11 is 0. The molecule has 1 aromatic carbocycles. The highest BCUT2D eigenvalue weighted by Gasteiger charge is 2.34. The quantitative estimate of drug-likeness (QED) is 0.463. The van der Waals surface area contributed by atoms with Crippen molar-refractivity contribution >= 4 is 26.6 Å². The third kappa shape index (κ3) is 4.23. The molecule has 0 aliphatic carbocycles. The van der Waals surface area contributed by atoms with Crippen molar-refractivity contribution in [1.82, 2.24) is 19.9 Å². The zero-order chi connectivity index (χ0) is 24.0. The first kappa shape index (κ1) is 22.6. The van der Waals surface area contributed by atoms with Gasteiger partial charge in [-0.2, -0.15) is 13.2 Å². The molecule has 0 fully saturated rings. The highest BCUT2D eigenvalue weighted by Crippen LogP contribution is 2.36. The summed E-state index contributed by atoms with van der Waals surface area (Å²) in [5.41, 5.74) is 5.91. The Kier molecular flexibility index (Phi) is 5.52. The molecule has 0 atom stereocenters. The molecule has 2 N–H and O–H groups in total. The van der Waals surface area contributed by atoms with Crippen molar-refractivity contribution in [2.24, 2.45) is 0 Å².